The first-order chi connectivity index (χ1) is 8.30. The minimum Gasteiger partial charge on any atom is -0.385 e. The Kier molecular flexibility index (Phi) is 4.95. The second-order valence-corrected chi connectivity index (χ2v) is 4.27. The van der Waals surface area contributed by atoms with E-state index in [0.29, 0.717) is 19.0 Å². The zero-order valence-corrected chi connectivity index (χ0v) is 10.3. The van der Waals surface area contributed by atoms with E-state index in [1.165, 1.54) is 0 Å². The molecule has 102 valence electrons. The molecule has 0 unspecified atom stereocenters. The van der Waals surface area contributed by atoms with Gasteiger partial charge in [0, 0.05) is 12.2 Å². The predicted octanol–water partition coefficient (Wildman–Crippen LogP) is 3.21. The Balaban J connectivity index is 2.70. The summed E-state index contributed by atoms with van der Waals surface area (Å²) in [4.78, 5) is 1.94. The van der Waals surface area contributed by atoms with Gasteiger partial charge >= 0.3 is 6.18 Å². The van der Waals surface area contributed by atoms with Crippen LogP contribution in [0.3, 0.4) is 0 Å². The standard InChI is InChI=1S/C12H16F4N2/c1-18(2)7-3-6-17-11-5-4-9(13)8-10(11)12(14,15)16/h4-5,8,17H,3,6-7H2,1-2H3. The van der Waals surface area contributed by atoms with E-state index in [2.05, 4.69) is 5.32 Å². The third kappa shape index (κ3) is 4.52. The molecule has 0 amide bonds. The van der Waals surface area contributed by atoms with Crippen LogP contribution in [0.1, 0.15) is 12.0 Å². The van der Waals surface area contributed by atoms with Gasteiger partial charge in [-0.3, -0.25) is 0 Å². The normalized spacial score (nSPS) is 11.9. The first-order valence-corrected chi connectivity index (χ1v) is 5.56. The Hall–Kier alpha value is -1.30. The lowest BCUT2D eigenvalue weighted by Gasteiger charge is -2.15. The van der Waals surface area contributed by atoms with Crippen LogP contribution >= 0.6 is 0 Å². The summed E-state index contributed by atoms with van der Waals surface area (Å²) >= 11 is 0. The van der Waals surface area contributed by atoms with Gasteiger partial charge in [0.1, 0.15) is 5.82 Å². The van der Waals surface area contributed by atoms with Gasteiger partial charge in [0.05, 0.1) is 5.56 Å². The van der Waals surface area contributed by atoms with Gasteiger partial charge in [-0.15, -0.1) is 0 Å². The largest absolute Gasteiger partial charge is 0.418 e. The minimum absolute atomic E-state index is 0.0809. The predicted molar refractivity (Wildman–Crippen MR) is 63.1 cm³/mol. The molecule has 0 aromatic heterocycles. The second-order valence-electron chi connectivity index (χ2n) is 4.27. The average molecular weight is 264 g/mol. The zero-order chi connectivity index (χ0) is 13.8. The van der Waals surface area contributed by atoms with Crippen molar-refractivity contribution in [2.24, 2.45) is 0 Å². The molecule has 1 aromatic rings. The molecule has 2 nitrogen and oxygen atoms in total. The molecule has 0 fully saturated rings. The molecule has 1 rings (SSSR count). The third-order valence-electron chi connectivity index (χ3n) is 2.38. The highest BCUT2D eigenvalue weighted by atomic mass is 19.4. The van der Waals surface area contributed by atoms with Crippen molar-refractivity contribution in [2.75, 3.05) is 32.5 Å². The van der Waals surface area contributed by atoms with Gasteiger partial charge in [-0.05, 0) is 45.3 Å². The van der Waals surface area contributed by atoms with Crippen LogP contribution in [0.5, 0.6) is 0 Å². The fourth-order valence-electron chi connectivity index (χ4n) is 1.52. The van der Waals surface area contributed by atoms with Gasteiger partial charge in [0.25, 0.3) is 0 Å². The van der Waals surface area contributed by atoms with E-state index in [0.717, 1.165) is 18.7 Å². The van der Waals surface area contributed by atoms with Crippen LogP contribution in [0.25, 0.3) is 0 Å². The first-order valence-electron chi connectivity index (χ1n) is 5.56. The van der Waals surface area contributed by atoms with Gasteiger partial charge in [-0.1, -0.05) is 0 Å². The highest BCUT2D eigenvalue weighted by molar-refractivity contribution is 5.52. The quantitative estimate of drug-likeness (QED) is 0.649. The summed E-state index contributed by atoms with van der Waals surface area (Å²) in [6.07, 6.45) is -3.84. The van der Waals surface area contributed by atoms with E-state index in [4.69, 9.17) is 0 Å². The van der Waals surface area contributed by atoms with E-state index < -0.39 is 17.6 Å². The number of alkyl halides is 3. The molecular weight excluding hydrogens is 248 g/mol. The summed E-state index contributed by atoms with van der Waals surface area (Å²) in [5.41, 5.74) is -1.05. The third-order valence-corrected chi connectivity index (χ3v) is 2.38. The number of hydrogen-bond acceptors (Lipinski definition) is 2. The molecular formula is C12H16F4N2. The minimum atomic E-state index is -4.55. The summed E-state index contributed by atoms with van der Waals surface area (Å²) in [6.45, 7) is 1.18. The Morgan fingerprint density at radius 3 is 2.44 bits per heavy atom. The molecule has 0 radical (unpaired) electrons. The van der Waals surface area contributed by atoms with E-state index in [-0.39, 0.29) is 5.69 Å². The smallest absolute Gasteiger partial charge is 0.385 e. The summed E-state index contributed by atoms with van der Waals surface area (Å²) in [7, 11) is 3.78. The summed E-state index contributed by atoms with van der Waals surface area (Å²) < 4.78 is 50.8. The topological polar surface area (TPSA) is 15.3 Å². The number of nitrogens with zero attached hydrogens (tertiary/aromatic N) is 1. The van der Waals surface area contributed by atoms with Gasteiger partial charge in [0.15, 0.2) is 0 Å². The monoisotopic (exact) mass is 264 g/mol. The highest BCUT2D eigenvalue weighted by Gasteiger charge is 2.33. The summed E-state index contributed by atoms with van der Waals surface area (Å²) in [6, 6.07) is 2.64. The SMILES string of the molecule is CN(C)CCCNc1ccc(F)cc1C(F)(F)F. The number of rotatable bonds is 5. The van der Waals surface area contributed by atoms with Crippen molar-refractivity contribution in [3.8, 4) is 0 Å². The fraction of sp³-hybridized carbons (Fsp3) is 0.500. The molecule has 0 saturated heterocycles. The van der Waals surface area contributed by atoms with Gasteiger partial charge in [-0.25, -0.2) is 4.39 Å². The number of anilines is 1. The number of hydrogen-bond donors (Lipinski definition) is 1. The van der Waals surface area contributed by atoms with Crippen LogP contribution in [0.2, 0.25) is 0 Å². The van der Waals surface area contributed by atoms with Crippen LogP contribution in [-0.4, -0.2) is 32.1 Å². The van der Waals surface area contributed by atoms with Crippen molar-refractivity contribution in [1.82, 2.24) is 4.90 Å². The number of benzene rings is 1. The van der Waals surface area contributed by atoms with E-state index in [1.807, 2.05) is 19.0 Å². The molecule has 0 aliphatic rings. The number of nitrogens with one attached hydrogen (secondary N) is 1. The van der Waals surface area contributed by atoms with Gasteiger partial charge in [0.2, 0.25) is 0 Å². The van der Waals surface area contributed by atoms with E-state index in [9.17, 15) is 17.6 Å². The van der Waals surface area contributed by atoms with Crippen molar-refractivity contribution in [1.29, 1.82) is 0 Å². The van der Waals surface area contributed by atoms with E-state index in [1.54, 1.807) is 0 Å². The van der Waals surface area contributed by atoms with Crippen LogP contribution in [0, 0.1) is 5.82 Å². The molecule has 0 saturated carbocycles. The molecule has 0 aliphatic carbocycles. The highest BCUT2D eigenvalue weighted by Crippen LogP contribution is 2.35. The molecule has 0 spiro atoms. The van der Waals surface area contributed by atoms with Crippen LogP contribution in [-0.2, 0) is 6.18 Å². The zero-order valence-electron chi connectivity index (χ0n) is 10.3. The molecule has 1 N–H and O–H groups in total. The summed E-state index contributed by atoms with van der Waals surface area (Å²) in [5.74, 6) is -0.888. The van der Waals surface area contributed by atoms with Crippen LogP contribution in [0.4, 0.5) is 23.2 Å². The Morgan fingerprint density at radius 2 is 1.89 bits per heavy atom. The van der Waals surface area contributed by atoms with Crippen molar-refractivity contribution >= 4 is 5.69 Å². The molecule has 0 bridgehead atoms. The van der Waals surface area contributed by atoms with E-state index >= 15 is 0 Å². The average Bonchev–Trinajstić information content (AvgIpc) is 2.24. The molecule has 0 heterocycles. The van der Waals surface area contributed by atoms with Crippen molar-refractivity contribution in [3.05, 3.63) is 29.6 Å². The molecule has 1 aromatic carbocycles. The lowest BCUT2D eigenvalue weighted by molar-refractivity contribution is -0.137. The lowest BCUT2D eigenvalue weighted by atomic mass is 10.1. The maximum Gasteiger partial charge on any atom is 0.418 e. The Bertz CT molecular complexity index is 388. The van der Waals surface area contributed by atoms with Crippen molar-refractivity contribution in [3.63, 3.8) is 0 Å². The lowest BCUT2D eigenvalue weighted by Crippen LogP contribution is -2.17. The van der Waals surface area contributed by atoms with Crippen LogP contribution in [0.15, 0.2) is 18.2 Å². The molecule has 18 heavy (non-hydrogen) atoms. The molecule has 6 heteroatoms. The maximum absolute atomic E-state index is 12.8. The molecule has 0 aliphatic heterocycles. The Labute approximate surface area is 104 Å². The van der Waals surface area contributed by atoms with Crippen LogP contribution < -0.4 is 5.32 Å². The number of halogens is 4. The van der Waals surface area contributed by atoms with Gasteiger partial charge < -0.3 is 10.2 Å². The second kappa shape index (κ2) is 6.04. The summed E-state index contributed by atoms with van der Waals surface area (Å²) in [5, 5.41) is 2.69. The first kappa shape index (κ1) is 14.8. The van der Waals surface area contributed by atoms with Crippen molar-refractivity contribution in [2.45, 2.75) is 12.6 Å². The van der Waals surface area contributed by atoms with Crippen molar-refractivity contribution < 1.29 is 17.6 Å². The Morgan fingerprint density at radius 1 is 1.22 bits per heavy atom. The maximum atomic E-state index is 12.8. The fourth-order valence-corrected chi connectivity index (χ4v) is 1.52. The van der Waals surface area contributed by atoms with Gasteiger partial charge in [-0.2, -0.15) is 13.2 Å². The molecule has 0 atom stereocenters.